The molecule has 0 fully saturated rings. The molecule has 0 unspecified atom stereocenters. The lowest BCUT2D eigenvalue weighted by Gasteiger charge is -2.05. The molecule has 2 aromatic rings. The fourth-order valence-corrected chi connectivity index (χ4v) is 2.36. The van der Waals surface area contributed by atoms with Crippen LogP contribution in [0.15, 0.2) is 12.7 Å². The second-order valence-electron chi connectivity index (χ2n) is 5.28. The summed E-state index contributed by atoms with van der Waals surface area (Å²) in [5.74, 6) is 0.328. The van der Waals surface area contributed by atoms with Crippen molar-refractivity contribution in [2.75, 3.05) is 5.32 Å². The normalized spacial score (nSPS) is 11.0. The third kappa shape index (κ3) is 4.24. The molecular weight excluding hydrogens is 266 g/mol. The Morgan fingerprint density at radius 1 is 1.14 bits per heavy atom. The molecule has 2 rings (SSSR count). The van der Waals surface area contributed by atoms with E-state index in [-0.39, 0.29) is 5.91 Å². The topological polar surface area (TPSA) is 72.7 Å². The minimum absolute atomic E-state index is 0.152. The van der Waals surface area contributed by atoms with Crippen LogP contribution in [-0.2, 0) is 11.3 Å². The fraction of sp³-hybridized carbons (Fsp3) is 0.600. The van der Waals surface area contributed by atoms with E-state index in [9.17, 15) is 4.79 Å². The van der Waals surface area contributed by atoms with Crippen molar-refractivity contribution in [3.8, 4) is 0 Å². The summed E-state index contributed by atoms with van der Waals surface area (Å²) in [5.41, 5.74) is 1.43. The number of imidazole rings is 1. The van der Waals surface area contributed by atoms with Crippen LogP contribution in [-0.4, -0.2) is 25.4 Å². The molecule has 0 atom stereocenters. The van der Waals surface area contributed by atoms with Gasteiger partial charge in [0.15, 0.2) is 17.0 Å². The van der Waals surface area contributed by atoms with Crippen molar-refractivity contribution in [3.63, 3.8) is 0 Å². The van der Waals surface area contributed by atoms with E-state index in [0.29, 0.717) is 11.3 Å². The first kappa shape index (κ1) is 15.4. The highest BCUT2D eigenvalue weighted by Gasteiger charge is 2.10. The molecule has 0 saturated heterocycles. The zero-order valence-corrected chi connectivity index (χ0v) is 12.8. The lowest BCUT2D eigenvalue weighted by molar-refractivity contribution is -0.114. The van der Waals surface area contributed by atoms with Crippen LogP contribution in [0.5, 0.6) is 0 Å². The van der Waals surface area contributed by atoms with Gasteiger partial charge in [-0.05, 0) is 6.42 Å². The van der Waals surface area contributed by atoms with Crippen LogP contribution in [0.3, 0.4) is 0 Å². The zero-order valence-electron chi connectivity index (χ0n) is 12.8. The van der Waals surface area contributed by atoms with Crippen molar-refractivity contribution in [3.05, 3.63) is 12.7 Å². The molecule has 21 heavy (non-hydrogen) atoms. The number of rotatable bonds is 8. The van der Waals surface area contributed by atoms with E-state index < -0.39 is 0 Å². The standard InChI is InChI=1S/C15H23N5O/c1-3-4-5-6-7-8-9-20-11-18-13-14(19-12(2)21)16-10-17-15(13)20/h10-11H,3-9H2,1-2H3,(H,16,17,19,21). The van der Waals surface area contributed by atoms with Crippen LogP contribution >= 0.6 is 0 Å². The number of carbonyl (C=O) groups is 1. The van der Waals surface area contributed by atoms with Crippen LogP contribution in [0.4, 0.5) is 5.82 Å². The minimum atomic E-state index is -0.152. The maximum absolute atomic E-state index is 11.2. The van der Waals surface area contributed by atoms with E-state index in [1.807, 2.05) is 4.57 Å². The Balaban J connectivity index is 1.96. The molecule has 0 aliphatic heterocycles. The van der Waals surface area contributed by atoms with Gasteiger partial charge in [0.2, 0.25) is 5.91 Å². The van der Waals surface area contributed by atoms with E-state index in [2.05, 4.69) is 27.2 Å². The van der Waals surface area contributed by atoms with Crippen LogP contribution in [0.25, 0.3) is 11.2 Å². The summed E-state index contributed by atoms with van der Waals surface area (Å²) in [5, 5.41) is 2.69. The summed E-state index contributed by atoms with van der Waals surface area (Å²) in [6.45, 7) is 4.59. The van der Waals surface area contributed by atoms with Gasteiger partial charge < -0.3 is 9.88 Å². The lowest BCUT2D eigenvalue weighted by atomic mass is 10.1. The minimum Gasteiger partial charge on any atom is -0.315 e. The van der Waals surface area contributed by atoms with E-state index in [4.69, 9.17) is 0 Å². The Labute approximate surface area is 125 Å². The molecule has 1 N–H and O–H groups in total. The fourth-order valence-electron chi connectivity index (χ4n) is 2.36. The average Bonchev–Trinajstić information content (AvgIpc) is 2.87. The van der Waals surface area contributed by atoms with Gasteiger partial charge in [-0.25, -0.2) is 15.0 Å². The van der Waals surface area contributed by atoms with Crippen LogP contribution in [0, 0.1) is 0 Å². The molecule has 0 radical (unpaired) electrons. The second kappa shape index (κ2) is 7.71. The number of unbranched alkanes of at least 4 members (excludes halogenated alkanes) is 5. The monoisotopic (exact) mass is 289 g/mol. The third-order valence-corrected chi connectivity index (χ3v) is 3.45. The molecule has 6 nitrogen and oxygen atoms in total. The molecule has 2 heterocycles. The Morgan fingerprint density at radius 2 is 1.90 bits per heavy atom. The zero-order chi connectivity index (χ0) is 15.1. The number of carbonyl (C=O) groups excluding carboxylic acids is 1. The van der Waals surface area contributed by atoms with Gasteiger partial charge in [-0.15, -0.1) is 0 Å². The number of fused-ring (bicyclic) bond motifs is 1. The quantitative estimate of drug-likeness (QED) is 0.758. The molecule has 0 aromatic carbocycles. The second-order valence-corrected chi connectivity index (χ2v) is 5.28. The van der Waals surface area contributed by atoms with Crippen molar-refractivity contribution in [2.45, 2.75) is 58.9 Å². The van der Waals surface area contributed by atoms with Crippen molar-refractivity contribution in [1.29, 1.82) is 0 Å². The molecule has 2 aromatic heterocycles. The number of hydrogen-bond donors (Lipinski definition) is 1. The predicted octanol–water partition coefficient (Wildman–Crippen LogP) is 3.15. The Kier molecular flexibility index (Phi) is 5.66. The van der Waals surface area contributed by atoms with Gasteiger partial charge in [-0.2, -0.15) is 0 Å². The summed E-state index contributed by atoms with van der Waals surface area (Å²) in [4.78, 5) is 23.8. The van der Waals surface area contributed by atoms with Crippen molar-refractivity contribution >= 4 is 22.9 Å². The molecule has 6 heteroatoms. The first-order valence-corrected chi connectivity index (χ1v) is 7.65. The number of hydrogen-bond acceptors (Lipinski definition) is 4. The lowest BCUT2D eigenvalue weighted by Crippen LogP contribution is -2.08. The van der Waals surface area contributed by atoms with E-state index in [1.54, 1.807) is 6.33 Å². The van der Waals surface area contributed by atoms with Crippen molar-refractivity contribution in [1.82, 2.24) is 19.5 Å². The van der Waals surface area contributed by atoms with Gasteiger partial charge in [0.25, 0.3) is 0 Å². The highest BCUT2D eigenvalue weighted by molar-refractivity contribution is 5.95. The summed E-state index contributed by atoms with van der Waals surface area (Å²) >= 11 is 0. The molecule has 114 valence electrons. The smallest absolute Gasteiger partial charge is 0.222 e. The van der Waals surface area contributed by atoms with Gasteiger partial charge in [-0.3, -0.25) is 4.79 Å². The maximum atomic E-state index is 11.2. The maximum Gasteiger partial charge on any atom is 0.222 e. The first-order chi connectivity index (χ1) is 10.2. The number of aryl methyl sites for hydroxylation is 1. The van der Waals surface area contributed by atoms with Crippen molar-refractivity contribution in [2.24, 2.45) is 0 Å². The highest BCUT2D eigenvalue weighted by atomic mass is 16.1. The molecule has 0 aliphatic rings. The summed E-state index contributed by atoms with van der Waals surface area (Å²) in [6.07, 6.45) is 10.8. The summed E-state index contributed by atoms with van der Waals surface area (Å²) < 4.78 is 2.03. The molecule has 0 aliphatic carbocycles. The molecule has 0 spiro atoms. The number of amides is 1. The molecule has 0 saturated carbocycles. The van der Waals surface area contributed by atoms with Gasteiger partial charge in [0, 0.05) is 13.5 Å². The van der Waals surface area contributed by atoms with Crippen molar-refractivity contribution < 1.29 is 4.79 Å². The molecular formula is C15H23N5O. The highest BCUT2D eigenvalue weighted by Crippen LogP contribution is 2.18. The van der Waals surface area contributed by atoms with Gasteiger partial charge >= 0.3 is 0 Å². The molecule has 1 amide bonds. The van der Waals surface area contributed by atoms with Gasteiger partial charge in [0.05, 0.1) is 6.33 Å². The summed E-state index contributed by atoms with van der Waals surface area (Å²) in [6, 6.07) is 0. The third-order valence-electron chi connectivity index (χ3n) is 3.45. The van der Waals surface area contributed by atoms with Gasteiger partial charge in [0.1, 0.15) is 6.33 Å². The first-order valence-electron chi connectivity index (χ1n) is 7.65. The number of aromatic nitrogens is 4. The van der Waals surface area contributed by atoms with Gasteiger partial charge in [-0.1, -0.05) is 39.0 Å². The van der Waals surface area contributed by atoms with E-state index in [0.717, 1.165) is 18.6 Å². The SMILES string of the molecule is CCCCCCCCn1cnc2c(NC(C)=O)ncnc21. The summed E-state index contributed by atoms with van der Waals surface area (Å²) in [7, 11) is 0. The average molecular weight is 289 g/mol. The van der Waals surface area contributed by atoms with E-state index >= 15 is 0 Å². The van der Waals surface area contributed by atoms with Crippen LogP contribution in [0.1, 0.15) is 52.4 Å². The van der Waals surface area contributed by atoms with Crippen LogP contribution in [0.2, 0.25) is 0 Å². The Bertz CT molecular complexity index is 593. The largest absolute Gasteiger partial charge is 0.315 e. The number of nitrogens with zero attached hydrogens (tertiary/aromatic N) is 4. The van der Waals surface area contributed by atoms with E-state index in [1.165, 1.54) is 45.4 Å². The Hall–Kier alpha value is -1.98. The number of nitrogens with one attached hydrogen (secondary N) is 1. The number of anilines is 1. The predicted molar refractivity (Wildman–Crippen MR) is 83.0 cm³/mol. The Morgan fingerprint density at radius 3 is 2.67 bits per heavy atom. The molecule has 0 bridgehead atoms. The van der Waals surface area contributed by atoms with Crippen LogP contribution < -0.4 is 5.32 Å².